The zero-order chi connectivity index (χ0) is 11.1. The molecule has 0 saturated carbocycles. The van der Waals surface area contributed by atoms with Gasteiger partial charge in [-0.15, -0.1) is 0 Å². The minimum Gasteiger partial charge on any atom is -0.481 e. The van der Waals surface area contributed by atoms with Crippen molar-refractivity contribution >= 4 is 5.97 Å². The molecule has 3 nitrogen and oxygen atoms in total. The molecule has 0 spiro atoms. The summed E-state index contributed by atoms with van der Waals surface area (Å²) in [6.07, 6.45) is 3.49. The molecule has 3 heteroatoms. The van der Waals surface area contributed by atoms with Crippen LogP contribution in [0.4, 0.5) is 0 Å². The Balaban J connectivity index is 3.81. The maximum atomic E-state index is 10.4. The molecule has 0 aromatic heterocycles. The van der Waals surface area contributed by atoms with Gasteiger partial charge in [0.05, 0.1) is 6.42 Å². The van der Waals surface area contributed by atoms with Gasteiger partial charge in [0.25, 0.3) is 0 Å². The average molecular weight is 201 g/mol. The normalized spacial score (nSPS) is 17.4. The molecule has 0 aliphatic rings. The smallest absolute Gasteiger partial charge is 0.304 e. The van der Waals surface area contributed by atoms with E-state index in [0.29, 0.717) is 11.8 Å². The monoisotopic (exact) mass is 201 g/mol. The number of hydrogen-bond acceptors (Lipinski definition) is 2. The van der Waals surface area contributed by atoms with Crippen LogP contribution in [0.3, 0.4) is 0 Å². The summed E-state index contributed by atoms with van der Waals surface area (Å²) in [5, 5.41) is 8.59. The van der Waals surface area contributed by atoms with Crippen LogP contribution in [0.5, 0.6) is 0 Å². The van der Waals surface area contributed by atoms with E-state index in [1.165, 1.54) is 12.8 Å². The van der Waals surface area contributed by atoms with Crippen molar-refractivity contribution in [2.75, 3.05) is 0 Å². The predicted octanol–water partition coefficient (Wildman–Crippen LogP) is 2.25. The minimum absolute atomic E-state index is 0.0833. The van der Waals surface area contributed by atoms with E-state index >= 15 is 0 Å². The van der Waals surface area contributed by atoms with Gasteiger partial charge < -0.3 is 10.8 Å². The van der Waals surface area contributed by atoms with Crippen LogP contribution in [-0.4, -0.2) is 17.1 Å². The van der Waals surface area contributed by atoms with Crippen molar-refractivity contribution in [3.05, 3.63) is 0 Å². The van der Waals surface area contributed by atoms with E-state index in [9.17, 15) is 4.79 Å². The molecule has 0 saturated heterocycles. The molecule has 84 valence electrons. The van der Waals surface area contributed by atoms with Crippen LogP contribution in [-0.2, 0) is 4.79 Å². The third-order valence-corrected chi connectivity index (χ3v) is 2.70. The van der Waals surface area contributed by atoms with E-state index in [4.69, 9.17) is 10.8 Å². The first-order valence-electron chi connectivity index (χ1n) is 5.44. The number of carboxylic acid groups (broad SMARTS) is 1. The molecule has 14 heavy (non-hydrogen) atoms. The molecule has 3 atom stereocenters. The summed E-state index contributed by atoms with van der Waals surface area (Å²) in [4.78, 5) is 10.4. The first kappa shape index (κ1) is 13.4. The fraction of sp³-hybridized carbons (Fsp3) is 0.909. The van der Waals surface area contributed by atoms with Crippen LogP contribution >= 0.6 is 0 Å². The van der Waals surface area contributed by atoms with Gasteiger partial charge in [-0.1, -0.05) is 33.6 Å². The van der Waals surface area contributed by atoms with Crippen LogP contribution < -0.4 is 5.73 Å². The van der Waals surface area contributed by atoms with Gasteiger partial charge in [-0.05, 0) is 18.3 Å². The number of nitrogens with two attached hydrogens (primary N) is 1. The lowest BCUT2D eigenvalue weighted by molar-refractivity contribution is -0.137. The van der Waals surface area contributed by atoms with Crippen molar-refractivity contribution in [3.8, 4) is 0 Å². The standard InChI is InChI=1S/C11H23NO2/c1-4-5-8(2)6-9(3)10(12)7-11(13)14/h8-10H,4-7,12H2,1-3H3,(H,13,14). The van der Waals surface area contributed by atoms with Crippen molar-refractivity contribution in [1.29, 1.82) is 0 Å². The van der Waals surface area contributed by atoms with E-state index in [2.05, 4.69) is 13.8 Å². The van der Waals surface area contributed by atoms with Gasteiger partial charge in [0.2, 0.25) is 0 Å². The summed E-state index contributed by atoms with van der Waals surface area (Å²) >= 11 is 0. The van der Waals surface area contributed by atoms with Crippen LogP contribution in [0, 0.1) is 11.8 Å². The van der Waals surface area contributed by atoms with Crippen LogP contribution in [0.2, 0.25) is 0 Å². The van der Waals surface area contributed by atoms with Crippen LogP contribution in [0.1, 0.15) is 46.5 Å². The first-order chi connectivity index (χ1) is 6.47. The lowest BCUT2D eigenvalue weighted by atomic mass is 9.88. The highest BCUT2D eigenvalue weighted by molar-refractivity contribution is 5.67. The van der Waals surface area contributed by atoms with Gasteiger partial charge in [-0.25, -0.2) is 0 Å². The zero-order valence-electron chi connectivity index (χ0n) is 9.49. The largest absolute Gasteiger partial charge is 0.481 e. The number of rotatable bonds is 7. The molecular weight excluding hydrogens is 178 g/mol. The quantitative estimate of drug-likeness (QED) is 0.664. The van der Waals surface area contributed by atoms with Gasteiger partial charge in [-0.2, -0.15) is 0 Å². The van der Waals surface area contributed by atoms with Crippen molar-refractivity contribution in [2.24, 2.45) is 17.6 Å². The summed E-state index contributed by atoms with van der Waals surface area (Å²) < 4.78 is 0. The Bertz CT molecular complexity index is 171. The highest BCUT2D eigenvalue weighted by Gasteiger charge is 2.17. The molecule has 0 aliphatic heterocycles. The predicted molar refractivity (Wildman–Crippen MR) is 58.1 cm³/mol. The molecule has 0 heterocycles. The van der Waals surface area contributed by atoms with Crippen molar-refractivity contribution < 1.29 is 9.90 Å². The maximum Gasteiger partial charge on any atom is 0.304 e. The first-order valence-corrected chi connectivity index (χ1v) is 5.44. The topological polar surface area (TPSA) is 63.3 Å². The second-order valence-electron chi connectivity index (χ2n) is 4.37. The zero-order valence-corrected chi connectivity index (χ0v) is 9.49. The number of hydrogen-bond donors (Lipinski definition) is 2. The summed E-state index contributed by atoms with van der Waals surface area (Å²) in [7, 11) is 0. The second kappa shape index (κ2) is 6.82. The fourth-order valence-corrected chi connectivity index (χ4v) is 1.82. The molecule has 0 aromatic rings. The highest BCUT2D eigenvalue weighted by atomic mass is 16.4. The van der Waals surface area contributed by atoms with E-state index in [0.717, 1.165) is 6.42 Å². The molecule has 0 aromatic carbocycles. The minimum atomic E-state index is -0.799. The molecule has 0 rings (SSSR count). The van der Waals surface area contributed by atoms with E-state index < -0.39 is 5.97 Å². The van der Waals surface area contributed by atoms with Gasteiger partial charge in [-0.3, -0.25) is 4.79 Å². The SMILES string of the molecule is CCCC(C)CC(C)C(N)CC(=O)O. The Kier molecular flexibility index (Phi) is 6.54. The number of carboxylic acids is 1. The lowest BCUT2D eigenvalue weighted by Gasteiger charge is -2.21. The Hall–Kier alpha value is -0.570. The molecule has 0 amide bonds. The lowest BCUT2D eigenvalue weighted by Crippen LogP contribution is -2.31. The fourth-order valence-electron chi connectivity index (χ4n) is 1.82. The summed E-state index contributed by atoms with van der Waals surface area (Å²) in [6, 6.07) is -0.202. The molecule has 0 fully saturated rings. The molecular formula is C11H23NO2. The van der Waals surface area contributed by atoms with Crippen LogP contribution in [0.15, 0.2) is 0 Å². The van der Waals surface area contributed by atoms with Gasteiger partial charge >= 0.3 is 5.97 Å². The van der Waals surface area contributed by atoms with E-state index in [-0.39, 0.29) is 12.5 Å². The number of carbonyl (C=O) groups is 1. The highest BCUT2D eigenvalue weighted by Crippen LogP contribution is 2.19. The van der Waals surface area contributed by atoms with Gasteiger partial charge in [0.15, 0.2) is 0 Å². The average Bonchev–Trinajstić information content (AvgIpc) is 2.02. The van der Waals surface area contributed by atoms with E-state index in [1.54, 1.807) is 0 Å². The van der Waals surface area contributed by atoms with Crippen molar-refractivity contribution in [1.82, 2.24) is 0 Å². The summed E-state index contributed by atoms with van der Waals surface area (Å²) in [6.45, 7) is 6.41. The third-order valence-electron chi connectivity index (χ3n) is 2.70. The second-order valence-corrected chi connectivity index (χ2v) is 4.37. The van der Waals surface area contributed by atoms with Crippen LogP contribution in [0.25, 0.3) is 0 Å². The molecule has 0 bridgehead atoms. The molecule has 0 radical (unpaired) electrons. The van der Waals surface area contributed by atoms with Crippen molar-refractivity contribution in [2.45, 2.75) is 52.5 Å². The van der Waals surface area contributed by atoms with Crippen molar-refractivity contribution in [3.63, 3.8) is 0 Å². The van der Waals surface area contributed by atoms with Gasteiger partial charge in [0.1, 0.15) is 0 Å². The molecule has 0 aliphatic carbocycles. The molecule has 3 N–H and O–H groups in total. The third kappa shape index (κ3) is 5.97. The summed E-state index contributed by atoms with van der Waals surface area (Å²) in [5.41, 5.74) is 5.78. The Morgan fingerprint density at radius 1 is 1.43 bits per heavy atom. The maximum absolute atomic E-state index is 10.4. The van der Waals surface area contributed by atoms with Gasteiger partial charge in [0, 0.05) is 6.04 Å². The van der Waals surface area contributed by atoms with E-state index in [1.807, 2.05) is 6.92 Å². The Labute approximate surface area is 86.7 Å². The molecule has 3 unspecified atom stereocenters. The Morgan fingerprint density at radius 2 is 2.00 bits per heavy atom. The summed E-state index contributed by atoms with van der Waals surface area (Å²) in [5.74, 6) is 0.148. The number of aliphatic carboxylic acids is 1. The Morgan fingerprint density at radius 3 is 2.43 bits per heavy atom.